The number of morpholine rings is 1. The molecule has 0 N–H and O–H groups in total. The van der Waals surface area contributed by atoms with E-state index in [2.05, 4.69) is 4.98 Å². The van der Waals surface area contributed by atoms with Crippen LogP contribution in [0.3, 0.4) is 0 Å². The molecule has 1 spiro atoms. The number of hydrogen-bond acceptors (Lipinski definition) is 4. The predicted octanol–water partition coefficient (Wildman–Crippen LogP) is 2.27. The number of carbonyl (C=O) groups is 2. The first-order valence-corrected chi connectivity index (χ1v) is 10.2. The van der Waals surface area contributed by atoms with Gasteiger partial charge in [-0.15, -0.1) is 0 Å². The number of aryl methyl sites for hydroxylation is 1. The summed E-state index contributed by atoms with van der Waals surface area (Å²) < 4.78 is 5.33. The molecular weight excluding hydrogens is 342 g/mol. The minimum atomic E-state index is 0.0342. The monoisotopic (exact) mass is 371 g/mol. The van der Waals surface area contributed by atoms with Gasteiger partial charge in [-0.1, -0.05) is 12.5 Å². The molecule has 3 aliphatic rings. The first-order chi connectivity index (χ1) is 13.1. The van der Waals surface area contributed by atoms with Crippen molar-refractivity contribution in [1.29, 1.82) is 0 Å². The molecule has 2 aliphatic heterocycles. The number of ether oxygens (including phenoxy) is 1. The molecule has 2 amide bonds. The van der Waals surface area contributed by atoms with E-state index >= 15 is 0 Å². The average molecular weight is 371 g/mol. The quantitative estimate of drug-likeness (QED) is 0.815. The zero-order chi connectivity index (χ0) is 18.9. The summed E-state index contributed by atoms with van der Waals surface area (Å²) in [5.74, 6) is 0.690. The number of nitrogens with zero attached hydrogens (tertiary/aromatic N) is 3. The van der Waals surface area contributed by atoms with Gasteiger partial charge in [0.15, 0.2) is 0 Å². The summed E-state index contributed by atoms with van der Waals surface area (Å²) in [4.78, 5) is 33.8. The third-order valence-electron chi connectivity index (χ3n) is 6.63. The highest BCUT2D eigenvalue weighted by atomic mass is 16.5. The van der Waals surface area contributed by atoms with Crippen LogP contribution in [0, 0.1) is 18.3 Å². The summed E-state index contributed by atoms with van der Waals surface area (Å²) in [6.45, 7) is 6.18. The van der Waals surface area contributed by atoms with E-state index in [-0.39, 0.29) is 17.2 Å². The lowest BCUT2D eigenvalue weighted by Crippen LogP contribution is -2.42. The molecule has 6 nitrogen and oxygen atoms in total. The van der Waals surface area contributed by atoms with Crippen molar-refractivity contribution in [2.75, 3.05) is 39.4 Å². The first-order valence-electron chi connectivity index (χ1n) is 10.2. The van der Waals surface area contributed by atoms with Crippen molar-refractivity contribution in [2.45, 2.75) is 39.0 Å². The van der Waals surface area contributed by atoms with E-state index in [0.717, 1.165) is 25.2 Å². The van der Waals surface area contributed by atoms with Gasteiger partial charge in [0.25, 0.3) is 5.91 Å². The zero-order valence-corrected chi connectivity index (χ0v) is 16.2. The second-order valence-corrected chi connectivity index (χ2v) is 8.29. The van der Waals surface area contributed by atoms with Gasteiger partial charge in [-0.05, 0) is 49.7 Å². The molecule has 6 heteroatoms. The molecule has 0 bridgehead atoms. The van der Waals surface area contributed by atoms with Crippen molar-refractivity contribution in [1.82, 2.24) is 14.8 Å². The second kappa shape index (κ2) is 7.58. The summed E-state index contributed by atoms with van der Waals surface area (Å²) in [5, 5.41) is 0. The van der Waals surface area contributed by atoms with Crippen LogP contribution in [0.5, 0.6) is 0 Å². The first kappa shape index (κ1) is 18.4. The molecule has 0 radical (unpaired) electrons. The molecule has 1 aromatic heterocycles. The van der Waals surface area contributed by atoms with Crippen LogP contribution in [-0.4, -0.2) is 66.0 Å². The summed E-state index contributed by atoms with van der Waals surface area (Å²) in [6.07, 6.45) is 5.04. The smallest absolute Gasteiger partial charge is 0.272 e. The maximum absolute atomic E-state index is 12.9. The molecule has 1 atom stereocenters. The number of amides is 2. The maximum Gasteiger partial charge on any atom is 0.272 e. The molecule has 27 heavy (non-hydrogen) atoms. The lowest BCUT2D eigenvalue weighted by Gasteiger charge is -2.43. The van der Waals surface area contributed by atoms with Crippen molar-refractivity contribution in [3.8, 4) is 0 Å². The van der Waals surface area contributed by atoms with Crippen molar-refractivity contribution >= 4 is 11.8 Å². The average Bonchev–Trinajstić information content (AvgIpc) is 3.06. The Bertz CT molecular complexity index is 710. The van der Waals surface area contributed by atoms with Crippen LogP contribution in [0.15, 0.2) is 18.2 Å². The third-order valence-corrected chi connectivity index (χ3v) is 6.63. The molecular formula is C21H29N3O3. The number of pyridine rings is 1. The van der Waals surface area contributed by atoms with Crippen LogP contribution >= 0.6 is 0 Å². The van der Waals surface area contributed by atoms with Gasteiger partial charge in [0.2, 0.25) is 5.91 Å². The van der Waals surface area contributed by atoms with Crippen LogP contribution in [-0.2, 0) is 9.53 Å². The van der Waals surface area contributed by atoms with Gasteiger partial charge >= 0.3 is 0 Å². The fraction of sp³-hybridized carbons (Fsp3) is 0.667. The van der Waals surface area contributed by atoms with Gasteiger partial charge in [-0.2, -0.15) is 0 Å². The minimum Gasteiger partial charge on any atom is -0.378 e. The fourth-order valence-corrected chi connectivity index (χ4v) is 4.88. The number of likely N-dealkylation sites (tertiary alicyclic amines) is 1. The molecule has 3 fully saturated rings. The van der Waals surface area contributed by atoms with Gasteiger partial charge in [0.05, 0.1) is 13.2 Å². The van der Waals surface area contributed by atoms with Crippen molar-refractivity contribution < 1.29 is 14.3 Å². The number of hydrogen-bond donors (Lipinski definition) is 0. The lowest BCUT2D eigenvalue weighted by molar-refractivity contribution is -0.135. The van der Waals surface area contributed by atoms with Crippen molar-refractivity contribution in [3.05, 3.63) is 29.6 Å². The largest absolute Gasteiger partial charge is 0.378 e. The van der Waals surface area contributed by atoms with Crippen LogP contribution in [0.1, 0.15) is 48.3 Å². The van der Waals surface area contributed by atoms with Crippen LogP contribution in [0.2, 0.25) is 0 Å². The Morgan fingerprint density at radius 2 is 2.00 bits per heavy atom. The molecule has 4 rings (SSSR count). The van der Waals surface area contributed by atoms with E-state index in [1.807, 2.05) is 28.9 Å². The van der Waals surface area contributed by atoms with Crippen LogP contribution < -0.4 is 0 Å². The van der Waals surface area contributed by atoms with E-state index in [1.165, 1.54) is 19.3 Å². The Kier molecular flexibility index (Phi) is 5.17. The minimum absolute atomic E-state index is 0.0342. The van der Waals surface area contributed by atoms with Gasteiger partial charge in [-0.25, -0.2) is 4.98 Å². The SMILES string of the molecule is Cc1cccc(C(=O)N2CC(CCC(=O)N3CCOCC3)C3(CCC3)C2)n1. The van der Waals surface area contributed by atoms with Gasteiger partial charge in [0, 0.05) is 38.3 Å². The predicted molar refractivity (Wildman–Crippen MR) is 101 cm³/mol. The second-order valence-electron chi connectivity index (χ2n) is 8.29. The molecule has 1 aliphatic carbocycles. The molecule has 1 saturated carbocycles. The van der Waals surface area contributed by atoms with Gasteiger partial charge < -0.3 is 14.5 Å². The number of aromatic nitrogens is 1. The van der Waals surface area contributed by atoms with E-state index < -0.39 is 0 Å². The van der Waals surface area contributed by atoms with E-state index in [0.29, 0.717) is 44.3 Å². The topological polar surface area (TPSA) is 62.7 Å². The summed E-state index contributed by atoms with van der Waals surface area (Å²) in [7, 11) is 0. The lowest BCUT2D eigenvalue weighted by atomic mass is 9.62. The summed E-state index contributed by atoms with van der Waals surface area (Å²) in [6, 6.07) is 5.61. The standard InChI is InChI=1S/C21H29N3O3/c1-16-4-2-5-18(22-16)20(26)24-14-17(21(15-24)8-3-9-21)6-7-19(25)23-10-12-27-13-11-23/h2,4-5,17H,3,6-15H2,1H3. The Hall–Kier alpha value is -1.95. The molecule has 2 saturated heterocycles. The van der Waals surface area contributed by atoms with E-state index in [4.69, 9.17) is 4.74 Å². The highest BCUT2D eigenvalue weighted by Gasteiger charge is 2.51. The van der Waals surface area contributed by atoms with Crippen LogP contribution in [0.4, 0.5) is 0 Å². The fourth-order valence-electron chi connectivity index (χ4n) is 4.88. The molecule has 1 aromatic rings. The Morgan fingerprint density at radius 1 is 1.22 bits per heavy atom. The third kappa shape index (κ3) is 3.72. The van der Waals surface area contributed by atoms with Gasteiger partial charge in [0.1, 0.15) is 5.69 Å². The zero-order valence-electron chi connectivity index (χ0n) is 16.2. The Morgan fingerprint density at radius 3 is 2.67 bits per heavy atom. The highest BCUT2D eigenvalue weighted by Crippen LogP contribution is 2.53. The normalized spacial score (nSPS) is 24.1. The van der Waals surface area contributed by atoms with Gasteiger partial charge in [-0.3, -0.25) is 9.59 Å². The van der Waals surface area contributed by atoms with E-state index in [9.17, 15) is 9.59 Å². The summed E-state index contributed by atoms with van der Waals surface area (Å²) >= 11 is 0. The Balaban J connectivity index is 1.39. The molecule has 1 unspecified atom stereocenters. The molecule has 146 valence electrons. The highest BCUT2D eigenvalue weighted by molar-refractivity contribution is 5.92. The van der Waals surface area contributed by atoms with E-state index in [1.54, 1.807) is 6.07 Å². The maximum atomic E-state index is 12.9. The molecule has 3 heterocycles. The van der Waals surface area contributed by atoms with Crippen molar-refractivity contribution in [3.63, 3.8) is 0 Å². The Labute approximate surface area is 160 Å². The van der Waals surface area contributed by atoms with Crippen LogP contribution in [0.25, 0.3) is 0 Å². The van der Waals surface area contributed by atoms with Crippen molar-refractivity contribution in [2.24, 2.45) is 11.3 Å². The number of carbonyl (C=O) groups excluding carboxylic acids is 2. The number of rotatable bonds is 4. The molecule has 0 aromatic carbocycles. The summed E-state index contributed by atoms with van der Waals surface area (Å²) in [5.41, 5.74) is 1.63.